The Balaban J connectivity index is 1.50. The minimum absolute atomic E-state index is 0.0264. The van der Waals surface area contributed by atoms with Gasteiger partial charge in [0.15, 0.2) is 0 Å². The summed E-state index contributed by atoms with van der Waals surface area (Å²) >= 11 is 0. The van der Waals surface area contributed by atoms with Crippen molar-refractivity contribution < 1.29 is 9.59 Å². The van der Waals surface area contributed by atoms with Crippen LogP contribution in [-0.4, -0.2) is 38.0 Å². The third kappa shape index (κ3) is 6.77. The fraction of sp³-hybridized carbons (Fsp3) is 0.882. The van der Waals surface area contributed by atoms with Gasteiger partial charge in [0.05, 0.1) is 6.54 Å². The minimum Gasteiger partial charge on any atom is -0.355 e. The van der Waals surface area contributed by atoms with E-state index in [2.05, 4.69) is 16.0 Å². The number of hydrogen-bond acceptors (Lipinski definition) is 3. The van der Waals surface area contributed by atoms with Gasteiger partial charge in [-0.3, -0.25) is 9.59 Å². The largest absolute Gasteiger partial charge is 0.355 e. The van der Waals surface area contributed by atoms with Crippen molar-refractivity contribution in [3.8, 4) is 0 Å². The molecule has 1 saturated carbocycles. The number of carbonyl (C=O) groups is 2. The predicted octanol–water partition coefficient (Wildman–Crippen LogP) is 1.58. The van der Waals surface area contributed by atoms with E-state index >= 15 is 0 Å². The molecule has 1 aliphatic carbocycles. The molecule has 1 heterocycles. The Morgan fingerprint density at radius 1 is 0.909 bits per heavy atom. The van der Waals surface area contributed by atoms with Gasteiger partial charge >= 0.3 is 0 Å². The SMILES string of the molecule is O=C(CNC(=O)CC1CCCCC1)NCCC1CCCNC1. The normalized spacial score (nSPS) is 23.0. The highest BCUT2D eigenvalue weighted by Gasteiger charge is 2.17. The van der Waals surface area contributed by atoms with Crippen LogP contribution in [0.3, 0.4) is 0 Å². The zero-order valence-electron chi connectivity index (χ0n) is 13.7. The smallest absolute Gasteiger partial charge is 0.239 e. The Morgan fingerprint density at radius 2 is 1.68 bits per heavy atom. The third-order valence-corrected chi connectivity index (χ3v) is 4.92. The summed E-state index contributed by atoms with van der Waals surface area (Å²) in [4.78, 5) is 23.6. The molecule has 1 unspecified atom stereocenters. The van der Waals surface area contributed by atoms with Crippen molar-refractivity contribution in [1.82, 2.24) is 16.0 Å². The number of hydrogen-bond donors (Lipinski definition) is 3. The molecule has 0 spiro atoms. The predicted molar refractivity (Wildman–Crippen MR) is 87.4 cm³/mol. The lowest BCUT2D eigenvalue weighted by Gasteiger charge is -2.22. The highest BCUT2D eigenvalue weighted by molar-refractivity contribution is 5.84. The molecule has 0 aromatic heterocycles. The molecule has 1 saturated heterocycles. The maximum atomic E-state index is 11.8. The average Bonchev–Trinajstić information content (AvgIpc) is 2.55. The first kappa shape index (κ1) is 17.3. The summed E-state index contributed by atoms with van der Waals surface area (Å²) in [6.07, 6.45) is 10.2. The molecule has 0 radical (unpaired) electrons. The van der Waals surface area contributed by atoms with Gasteiger partial charge in [-0.15, -0.1) is 0 Å². The topological polar surface area (TPSA) is 70.2 Å². The first-order chi connectivity index (χ1) is 10.7. The van der Waals surface area contributed by atoms with Crippen LogP contribution in [0.1, 0.15) is 57.8 Å². The van der Waals surface area contributed by atoms with Crippen LogP contribution in [0.5, 0.6) is 0 Å². The second-order valence-corrected chi connectivity index (χ2v) is 6.84. The van der Waals surface area contributed by atoms with Gasteiger partial charge in [-0.25, -0.2) is 0 Å². The molecule has 5 heteroatoms. The Kier molecular flexibility index (Phi) is 7.71. The molecule has 5 nitrogen and oxygen atoms in total. The van der Waals surface area contributed by atoms with Crippen LogP contribution in [0.2, 0.25) is 0 Å². The maximum absolute atomic E-state index is 11.8. The van der Waals surface area contributed by atoms with Crippen molar-refractivity contribution in [1.29, 1.82) is 0 Å². The summed E-state index contributed by atoms with van der Waals surface area (Å²) in [6.45, 7) is 3.02. The van der Waals surface area contributed by atoms with E-state index in [0.717, 1.165) is 32.4 Å². The monoisotopic (exact) mass is 309 g/mol. The summed E-state index contributed by atoms with van der Waals surface area (Å²) in [6, 6.07) is 0. The van der Waals surface area contributed by atoms with E-state index in [1.165, 1.54) is 32.1 Å². The number of rotatable bonds is 7. The molecule has 1 aliphatic heterocycles. The van der Waals surface area contributed by atoms with Crippen LogP contribution in [0, 0.1) is 11.8 Å². The highest BCUT2D eigenvalue weighted by Crippen LogP contribution is 2.25. The number of amides is 2. The van der Waals surface area contributed by atoms with E-state index in [0.29, 0.717) is 24.8 Å². The fourth-order valence-corrected chi connectivity index (χ4v) is 3.55. The highest BCUT2D eigenvalue weighted by atomic mass is 16.2. The van der Waals surface area contributed by atoms with Crippen LogP contribution >= 0.6 is 0 Å². The van der Waals surface area contributed by atoms with E-state index in [-0.39, 0.29) is 18.4 Å². The Bertz CT molecular complexity index is 348. The van der Waals surface area contributed by atoms with Crippen LogP contribution in [0.25, 0.3) is 0 Å². The van der Waals surface area contributed by atoms with Crippen LogP contribution in [-0.2, 0) is 9.59 Å². The van der Waals surface area contributed by atoms with Crippen molar-refractivity contribution in [3.63, 3.8) is 0 Å². The first-order valence-corrected chi connectivity index (χ1v) is 8.98. The summed E-state index contributed by atoms with van der Waals surface area (Å²) in [5, 5.41) is 9.04. The van der Waals surface area contributed by atoms with Gasteiger partial charge in [0, 0.05) is 13.0 Å². The van der Waals surface area contributed by atoms with Gasteiger partial charge in [0.25, 0.3) is 0 Å². The van der Waals surface area contributed by atoms with E-state index in [1.54, 1.807) is 0 Å². The Morgan fingerprint density at radius 3 is 2.41 bits per heavy atom. The molecule has 22 heavy (non-hydrogen) atoms. The molecule has 2 rings (SSSR count). The molecule has 126 valence electrons. The van der Waals surface area contributed by atoms with Crippen LogP contribution < -0.4 is 16.0 Å². The summed E-state index contributed by atoms with van der Waals surface area (Å²) in [7, 11) is 0. The maximum Gasteiger partial charge on any atom is 0.239 e. The van der Waals surface area contributed by atoms with Crippen LogP contribution in [0.15, 0.2) is 0 Å². The van der Waals surface area contributed by atoms with Crippen molar-refractivity contribution in [2.75, 3.05) is 26.2 Å². The standard InChI is InChI=1S/C17H31N3O2/c21-16(11-14-5-2-1-3-6-14)20-13-17(22)19-10-8-15-7-4-9-18-12-15/h14-15,18H,1-13H2,(H,19,22)(H,20,21). The number of nitrogens with one attached hydrogen (secondary N) is 3. The number of piperidine rings is 1. The zero-order valence-corrected chi connectivity index (χ0v) is 13.7. The van der Waals surface area contributed by atoms with Gasteiger partial charge < -0.3 is 16.0 Å². The van der Waals surface area contributed by atoms with Crippen LogP contribution in [0.4, 0.5) is 0 Å². The second-order valence-electron chi connectivity index (χ2n) is 6.84. The van der Waals surface area contributed by atoms with Gasteiger partial charge in [0.2, 0.25) is 11.8 Å². The Hall–Kier alpha value is -1.10. The van der Waals surface area contributed by atoms with E-state index in [4.69, 9.17) is 0 Å². The molecular formula is C17H31N3O2. The summed E-state index contributed by atoms with van der Waals surface area (Å²) in [5.74, 6) is 1.16. The molecule has 0 aromatic rings. The lowest BCUT2D eigenvalue weighted by atomic mass is 9.87. The van der Waals surface area contributed by atoms with Crippen molar-refractivity contribution in [3.05, 3.63) is 0 Å². The van der Waals surface area contributed by atoms with Crippen molar-refractivity contribution in [2.24, 2.45) is 11.8 Å². The van der Waals surface area contributed by atoms with E-state index in [9.17, 15) is 9.59 Å². The van der Waals surface area contributed by atoms with Gasteiger partial charge in [0.1, 0.15) is 0 Å². The van der Waals surface area contributed by atoms with E-state index in [1.807, 2.05) is 0 Å². The fourth-order valence-electron chi connectivity index (χ4n) is 3.55. The van der Waals surface area contributed by atoms with E-state index < -0.39 is 0 Å². The lowest BCUT2D eigenvalue weighted by Crippen LogP contribution is -2.39. The van der Waals surface area contributed by atoms with Crippen molar-refractivity contribution in [2.45, 2.75) is 57.8 Å². The molecule has 0 bridgehead atoms. The summed E-state index contributed by atoms with van der Waals surface area (Å²) < 4.78 is 0. The molecule has 0 aromatic carbocycles. The average molecular weight is 309 g/mol. The Labute approximate surface area is 134 Å². The van der Waals surface area contributed by atoms with Crippen molar-refractivity contribution >= 4 is 11.8 Å². The zero-order chi connectivity index (χ0) is 15.6. The quantitative estimate of drug-likeness (QED) is 0.669. The lowest BCUT2D eigenvalue weighted by molar-refractivity contribution is -0.126. The molecule has 2 amide bonds. The minimum atomic E-state index is -0.0687. The molecular weight excluding hydrogens is 278 g/mol. The third-order valence-electron chi connectivity index (χ3n) is 4.92. The van der Waals surface area contributed by atoms with Gasteiger partial charge in [-0.2, -0.15) is 0 Å². The number of carbonyl (C=O) groups excluding carboxylic acids is 2. The first-order valence-electron chi connectivity index (χ1n) is 8.98. The molecule has 1 atom stereocenters. The van der Waals surface area contributed by atoms with Gasteiger partial charge in [-0.05, 0) is 57.0 Å². The molecule has 2 fully saturated rings. The summed E-state index contributed by atoms with van der Waals surface area (Å²) in [5.41, 5.74) is 0. The molecule has 2 aliphatic rings. The van der Waals surface area contributed by atoms with Gasteiger partial charge in [-0.1, -0.05) is 19.3 Å². The second kappa shape index (κ2) is 9.82. The molecule has 3 N–H and O–H groups in total.